The van der Waals surface area contributed by atoms with E-state index in [9.17, 15) is 19.7 Å². The van der Waals surface area contributed by atoms with E-state index in [1.807, 2.05) is 0 Å². The van der Waals surface area contributed by atoms with Crippen LogP contribution >= 0.6 is 0 Å². The normalized spacial score (nSPS) is 10.4. The zero-order valence-corrected chi connectivity index (χ0v) is 15.2. The van der Waals surface area contributed by atoms with Gasteiger partial charge in [-0.3, -0.25) is 14.9 Å². The molecule has 0 fully saturated rings. The van der Waals surface area contributed by atoms with Crippen LogP contribution in [0.3, 0.4) is 0 Å². The van der Waals surface area contributed by atoms with Crippen LogP contribution in [0.15, 0.2) is 48.5 Å². The standard InChI is InChI=1S/C19H18N2O7/c1-26-14-9-13(10-15(11-14)27-2)7-8-19(23)28-12-18(22)20-16-5-3-4-6-17(16)21(24)25/h3-11H,12H2,1-2H3,(H,20,22)/b8-7+. The van der Waals surface area contributed by atoms with E-state index in [-0.39, 0.29) is 11.4 Å². The molecule has 0 spiro atoms. The molecular formula is C19H18N2O7. The molecule has 9 heteroatoms. The summed E-state index contributed by atoms with van der Waals surface area (Å²) in [6.07, 6.45) is 2.62. The molecule has 1 amide bonds. The van der Waals surface area contributed by atoms with Gasteiger partial charge in [0.25, 0.3) is 11.6 Å². The topological polar surface area (TPSA) is 117 Å². The van der Waals surface area contributed by atoms with Crippen LogP contribution < -0.4 is 14.8 Å². The van der Waals surface area contributed by atoms with Gasteiger partial charge in [-0.25, -0.2) is 4.79 Å². The van der Waals surface area contributed by atoms with Crippen molar-refractivity contribution in [3.05, 3.63) is 64.2 Å². The number of benzene rings is 2. The maximum absolute atomic E-state index is 11.9. The minimum atomic E-state index is -0.750. The number of hydrogen-bond donors (Lipinski definition) is 1. The second kappa shape index (κ2) is 9.72. The van der Waals surface area contributed by atoms with Gasteiger partial charge in [0, 0.05) is 18.2 Å². The van der Waals surface area contributed by atoms with Crippen LogP contribution in [-0.4, -0.2) is 37.6 Å². The second-order valence-electron chi connectivity index (χ2n) is 5.41. The zero-order chi connectivity index (χ0) is 20.5. The van der Waals surface area contributed by atoms with Gasteiger partial charge < -0.3 is 19.5 Å². The molecule has 0 aromatic heterocycles. The molecule has 28 heavy (non-hydrogen) atoms. The van der Waals surface area contributed by atoms with Gasteiger partial charge in [0.1, 0.15) is 17.2 Å². The highest BCUT2D eigenvalue weighted by atomic mass is 16.6. The summed E-state index contributed by atoms with van der Waals surface area (Å²) in [5, 5.41) is 13.3. The van der Waals surface area contributed by atoms with Gasteiger partial charge in [0.15, 0.2) is 6.61 Å². The second-order valence-corrected chi connectivity index (χ2v) is 5.41. The summed E-state index contributed by atoms with van der Waals surface area (Å²) in [5.74, 6) is -0.342. The Balaban J connectivity index is 1.93. The summed E-state index contributed by atoms with van der Waals surface area (Å²) in [4.78, 5) is 34.0. The van der Waals surface area contributed by atoms with Crippen LogP contribution in [0.4, 0.5) is 11.4 Å². The molecule has 0 atom stereocenters. The Bertz CT molecular complexity index is 887. The predicted octanol–water partition coefficient (Wildman–Crippen LogP) is 2.81. The molecule has 0 radical (unpaired) electrons. The Kier molecular flexibility index (Phi) is 7.09. The fraction of sp³-hybridized carbons (Fsp3) is 0.158. The van der Waals surface area contributed by atoms with E-state index < -0.39 is 23.4 Å². The lowest BCUT2D eigenvalue weighted by Gasteiger charge is -2.06. The molecule has 0 saturated heterocycles. The van der Waals surface area contributed by atoms with E-state index >= 15 is 0 Å². The van der Waals surface area contributed by atoms with E-state index in [4.69, 9.17) is 14.2 Å². The Labute approximate surface area is 160 Å². The number of rotatable bonds is 8. The average Bonchev–Trinajstić information content (AvgIpc) is 2.70. The highest BCUT2D eigenvalue weighted by Gasteiger charge is 2.15. The molecule has 1 N–H and O–H groups in total. The van der Waals surface area contributed by atoms with Crippen molar-refractivity contribution in [2.75, 3.05) is 26.1 Å². The number of esters is 1. The third-order valence-electron chi connectivity index (χ3n) is 3.51. The van der Waals surface area contributed by atoms with Crippen LogP contribution in [0.25, 0.3) is 6.08 Å². The van der Waals surface area contributed by atoms with E-state index in [0.29, 0.717) is 17.1 Å². The highest BCUT2D eigenvalue weighted by molar-refractivity contribution is 5.96. The third kappa shape index (κ3) is 5.84. The Morgan fingerprint density at radius 1 is 1.11 bits per heavy atom. The van der Waals surface area contributed by atoms with Crippen molar-refractivity contribution >= 4 is 29.3 Å². The molecule has 146 valence electrons. The molecule has 0 unspecified atom stereocenters. The van der Waals surface area contributed by atoms with Crippen molar-refractivity contribution < 1.29 is 28.7 Å². The van der Waals surface area contributed by atoms with Crippen LogP contribution in [0.5, 0.6) is 11.5 Å². The van der Waals surface area contributed by atoms with Gasteiger partial charge in [0.05, 0.1) is 19.1 Å². The minimum absolute atomic E-state index is 0.0209. The number of carbonyl (C=O) groups is 2. The Morgan fingerprint density at radius 3 is 2.36 bits per heavy atom. The summed E-state index contributed by atoms with van der Waals surface area (Å²) in [5.41, 5.74) is 0.402. The summed E-state index contributed by atoms with van der Waals surface area (Å²) in [7, 11) is 3.01. The first-order valence-corrected chi connectivity index (χ1v) is 8.04. The number of anilines is 1. The number of para-hydroxylation sites is 2. The molecule has 2 rings (SSSR count). The molecule has 2 aromatic carbocycles. The molecular weight excluding hydrogens is 368 g/mol. The van der Waals surface area contributed by atoms with Crippen molar-refractivity contribution in [3.8, 4) is 11.5 Å². The number of amides is 1. The summed E-state index contributed by atoms with van der Waals surface area (Å²) < 4.78 is 15.1. The minimum Gasteiger partial charge on any atom is -0.497 e. The number of nitro benzene ring substituents is 1. The monoisotopic (exact) mass is 386 g/mol. The lowest BCUT2D eigenvalue weighted by molar-refractivity contribution is -0.383. The predicted molar refractivity (Wildman–Crippen MR) is 101 cm³/mol. The van der Waals surface area contributed by atoms with Crippen molar-refractivity contribution in [1.29, 1.82) is 0 Å². The summed E-state index contributed by atoms with van der Waals surface area (Å²) in [6, 6.07) is 10.7. The van der Waals surface area contributed by atoms with E-state index in [2.05, 4.69) is 5.32 Å². The maximum Gasteiger partial charge on any atom is 0.331 e. The first kappa shape index (κ1) is 20.4. The maximum atomic E-state index is 11.9. The molecule has 0 aliphatic carbocycles. The van der Waals surface area contributed by atoms with Crippen molar-refractivity contribution in [3.63, 3.8) is 0 Å². The van der Waals surface area contributed by atoms with Crippen LogP contribution in [0.1, 0.15) is 5.56 Å². The van der Waals surface area contributed by atoms with Gasteiger partial charge in [-0.1, -0.05) is 12.1 Å². The summed E-state index contributed by atoms with van der Waals surface area (Å²) >= 11 is 0. The molecule has 0 aliphatic rings. The van der Waals surface area contributed by atoms with E-state index in [1.54, 1.807) is 24.3 Å². The fourth-order valence-electron chi connectivity index (χ4n) is 2.20. The number of methoxy groups -OCH3 is 2. The van der Waals surface area contributed by atoms with Gasteiger partial charge in [-0.15, -0.1) is 0 Å². The number of nitro groups is 1. The highest BCUT2D eigenvalue weighted by Crippen LogP contribution is 2.24. The molecule has 0 heterocycles. The van der Waals surface area contributed by atoms with Crippen molar-refractivity contribution in [2.24, 2.45) is 0 Å². The number of nitrogens with one attached hydrogen (secondary N) is 1. The number of ether oxygens (including phenoxy) is 3. The fourth-order valence-corrected chi connectivity index (χ4v) is 2.20. The summed E-state index contributed by atoms with van der Waals surface area (Å²) in [6.45, 7) is -0.587. The Hall–Kier alpha value is -3.88. The number of carbonyl (C=O) groups excluding carboxylic acids is 2. The zero-order valence-electron chi connectivity index (χ0n) is 15.2. The van der Waals surface area contributed by atoms with E-state index in [1.165, 1.54) is 38.5 Å². The molecule has 0 aliphatic heterocycles. The first-order valence-electron chi connectivity index (χ1n) is 8.04. The third-order valence-corrected chi connectivity index (χ3v) is 3.51. The molecule has 0 saturated carbocycles. The Morgan fingerprint density at radius 2 is 1.75 bits per heavy atom. The van der Waals surface area contributed by atoms with Crippen LogP contribution in [-0.2, 0) is 14.3 Å². The van der Waals surface area contributed by atoms with Gasteiger partial charge in [-0.2, -0.15) is 0 Å². The smallest absolute Gasteiger partial charge is 0.331 e. The van der Waals surface area contributed by atoms with Gasteiger partial charge in [0.2, 0.25) is 0 Å². The van der Waals surface area contributed by atoms with E-state index in [0.717, 1.165) is 6.08 Å². The van der Waals surface area contributed by atoms with Crippen molar-refractivity contribution in [1.82, 2.24) is 0 Å². The van der Waals surface area contributed by atoms with Crippen LogP contribution in [0, 0.1) is 10.1 Å². The van der Waals surface area contributed by atoms with Gasteiger partial charge in [-0.05, 0) is 29.8 Å². The first-order chi connectivity index (χ1) is 13.4. The lowest BCUT2D eigenvalue weighted by atomic mass is 10.2. The largest absolute Gasteiger partial charge is 0.497 e. The average molecular weight is 386 g/mol. The van der Waals surface area contributed by atoms with Crippen LogP contribution in [0.2, 0.25) is 0 Å². The molecule has 9 nitrogen and oxygen atoms in total. The van der Waals surface area contributed by atoms with Crippen molar-refractivity contribution in [2.45, 2.75) is 0 Å². The number of hydrogen-bond acceptors (Lipinski definition) is 7. The SMILES string of the molecule is COc1cc(/C=C/C(=O)OCC(=O)Nc2ccccc2[N+](=O)[O-])cc(OC)c1. The molecule has 2 aromatic rings. The number of nitrogens with zero attached hydrogens (tertiary/aromatic N) is 1. The quantitative estimate of drug-likeness (QED) is 0.321. The lowest BCUT2D eigenvalue weighted by Crippen LogP contribution is -2.20. The van der Waals surface area contributed by atoms with Gasteiger partial charge >= 0.3 is 5.97 Å². The molecule has 0 bridgehead atoms.